The lowest BCUT2D eigenvalue weighted by molar-refractivity contribution is -0.139. The third-order valence-electron chi connectivity index (χ3n) is 6.60. The second-order valence-corrected chi connectivity index (χ2v) is 8.89. The topological polar surface area (TPSA) is 67.9 Å². The molecule has 1 aliphatic carbocycles. The predicted octanol–water partition coefficient (Wildman–Crippen LogP) is 4.95. The molecule has 6 nitrogen and oxygen atoms in total. The van der Waals surface area contributed by atoms with Crippen LogP contribution in [0, 0.1) is 13.8 Å². The van der Waals surface area contributed by atoms with Crippen LogP contribution in [0.5, 0.6) is 11.5 Å². The number of benzene rings is 2. The Morgan fingerprint density at radius 1 is 0.875 bits per heavy atom. The van der Waals surface area contributed by atoms with Crippen molar-refractivity contribution in [3.05, 3.63) is 58.8 Å². The Kier molecular flexibility index (Phi) is 5.37. The van der Waals surface area contributed by atoms with Gasteiger partial charge >= 0.3 is 0 Å². The lowest BCUT2D eigenvalue weighted by Gasteiger charge is -2.25. The molecule has 0 bridgehead atoms. The quantitative estimate of drug-likeness (QED) is 0.547. The van der Waals surface area contributed by atoms with E-state index in [1.807, 2.05) is 44.2 Å². The molecule has 166 valence electrons. The molecule has 2 aromatic rings. The largest absolute Gasteiger partial charge is 0.454 e. The monoisotopic (exact) mass is 432 g/mol. The molecule has 0 atom stereocenters. The number of nitrogens with one attached hydrogen (secondary N) is 1. The fraction of sp³-hybridized carbons (Fsp3) is 0.385. The van der Waals surface area contributed by atoms with E-state index in [9.17, 15) is 9.59 Å². The molecule has 2 aliphatic heterocycles. The van der Waals surface area contributed by atoms with Gasteiger partial charge in [0.15, 0.2) is 11.5 Å². The average Bonchev–Trinajstić information content (AvgIpc) is 3.20. The van der Waals surface area contributed by atoms with Crippen molar-refractivity contribution in [1.29, 1.82) is 0 Å². The number of fused-ring (bicyclic) bond motifs is 1. The van der Waals surface area contributed by atoms with E-state index in [4.69, 9.17) is 9.47 Å². The highest BCUT2D eigenvalue weighted by atomic mass is 16.7. The Hall–Kier alpha value is -3.28. The van der Waals surface area contributed by atoms with E-state index in [-0.39, 0.29) is 24.6 Å². The molecule has 0 aromatic heterocycles. The van der Waals surface area contributed by atoms with Crippen LogP contribution in [-0.4, -0.2) is 29.5 Å². The number of anilines is 1. The van der Waals surface area contributed by atoms with Crippen LogP contribution in [0.25, 0.3) is 5.57 Å². The average molecular weight is 433 g/mol. The predicted molar refractivity (Wildman–Crippen MR) is 122 cm³/mol. The zero-order valence-electron chi connectivity index (χ0n) is 18.6. The summed E-state index contributed by atoms with van der Waals surface area (Å²) in [7, 11) is 0. The summed E-state index contributed by atoms with van der Waals surface area (Å²) in [6.07, 6.45) is 6.15. The number of aryl methyl sites for hydroxylation is 2. The van der Waals surface area contributed by atoms with Crippen LogP contribution in [0.15, 0.2) is 42.1 Å². The SMILES string of the molecule is Cc1ccc(C2=C(Nc3ccc4c(c3)OCO4)C(=O)N(C3CCCCCC3)C2=O)c(C)c1. The van der Waals surface area contributed by atoms with Crippen molar-refractivity contribution in [1.82, 2.24) is 4.90 Å². The molecule has 32 heavy (non-hydrogen) atoms. The number of hydrogen-bond acceptors (Lipinski definition) is 5. The lowest BCUT2D eigenvalue weighted by atomic mass is 9.97. The van der Waals surface area contributed by atoms with Crippen molar-refractivity contribution in [3.63, 3.8) is 0 Å². The highest BCUT2D eigenvalue weighted by Gasteiger charge is 2.43. The molecule has 6 heteroatoms. The number of carbonyl (C=O) groups excluding carboxylic acids is 2. The Labute approximate surface area is 188 Å². The Morgan fingerprint density at radius 3 is 2.38 bits per heavy atom. The van der Waals surface area contributed by atoms with Gasteiger partial charge in [-0.25, -0.2) is 0 Å². The summed E-state index contributed by atoms with van der Waals surface area (Å²) < 4.78 is 10.9. The van der Waals surface area contributed by atoms with E-state index >= 15 is 0 Å². The van der Waals surface area contributed by atoms with Gasteiger partial charge < -0.3 is 14.8 Å². The van der Waals surface area contributed by atoms with Crippen LogP contribution >= 0.6 is 0 Å². The van der Waals surface area contributed by atoms with Crippen molar-refractivity contribution < 1.29 is 19.1 Å². The number of amides is 2. The van der Waals surface area contributed by atoms with Gasteiger partial charge in [-0.05, 0) is 49.9 Å². The van der Waals surface area contributed by atoms with Gasteiger partial charge in [-0.3, -0.25) is 14.5 Å². The molecule has 3 aliphatic rings. The van der Waals surface area contributed by atoms with E-state index < -0.39 is 0 Å². The van der Waals surface area contributed by atoms with Crippen molar-refractivity contribution in [2.45, 2.75) is 58.4 Å². The number of imide groups is 1. The molecule has 0 unspecified atom stereocenters. The molecule has 1 fully saturated rings. The fourth-order valence-electron chi connectivity index (χ4n) is 4.97. The molecular weight excluding hydrogens is 404 g/mol. The second kappa shape index (κ2) is 8.34. The van der Waals surface area contributed by atoms with Crippen LogP contribution in [0.4, 0.5) is 5.69 Å². The summed E-state index contributed by atoms with van der Waals surface area (Å²) >= 11 is 0. The van der Waals surface area contributed by atoms with E-state index in [0.29, 0.717) is 28.5 Å². The molecule has 1 N–H and O–H groups in total. The van der Waals surface area contributed by atoms with E-state index in [2.05, 4.69) is 5.32 Å². The number of nitrogens with zero attached hydrogens (tertiary/aromatic N) is 1. The third kappa shape index (κ3) is 3.64. The first kappa shape index (κ1) is 20.6. The number of carbonyl (C=O) groups is 2. The Morgan fingerprint density at radius 2 is 1.62 bits per heavy atom. The van der Waals surface area contributed by atoms with Crippen molar-refractivity contribution in [2.24, 2.45) is 0 Å². The van der Waals surface area contributed by atoms with Gasteiger partial charge in [-0.1, -0.05) is 49.4 Å². The fourth-order valence-corrected chi connectivity index (χ4v) is 4.97. The summed E-state index contributed by atoms with van der Waals surface area (Å²) in [6.45, 7) is 4.19. The number of rotatable bonds is 4. The first-order chi connectivity index (χ1) is 15.5. The van der Waals surface area contributed by atoms with Crippen LogP contribution in [0.3, 0.4) is 0 Å². The molecule has 0 radical (unpaired) electrons. The smallest absolute Gasteiger partial charge is 0.278 e. The van der Waals surface area contributed by atoms with Crippen LogP contribution < -0.4 is 14.8 Å². The molecule has 1 saturated carbocycles. The van der Waals surface area contributed by atoms with Crippen molar-refractivity contribution in [3.8, 4) is 11.5 Å². The summed E-state index contributed by atoms with van der Waals surface area (Å²) in [5, 5.41) is 3.26. The summed E-state index contributed by atoms with van der Waals surface area (Å²) in [4.78, 5) is 28.9. The molecule has 2 amide bonds. The Balaban J connectivity index is 1.56. The molecule has 0 saturated heterocycles. The third-order valence-corrected chi connectivity index (χ3v) is 6.60. The van der Waals surface area contributed by atoms with E-state index in [0.717, 1.165) is 55.2 Å². The van der Waals surface area contributed by atoms with Crippen LogP contribution in [-0.2, 0) is 9.59 Å². The van der Waals surface area contributed by atoms with E-state index in [1.165, 1.54) is 4.90 Å². The zero-order valence-corrected chi connectivity index (χ0v) is 18.6. The minimum atomic E-state index is -0.241. The molecule has 5 rings (SSSR count). The zero-order chi connectivity index (χ0) is 22.2. The highest BCUT2D eigenvalue weighted by Crippen LogP contribution is 2.38. The first-order valence-electron chi connectivity index (χ1n) is 11.4. The molecular formula is C26H28N2O4. The highest BCUT2D eigenvalue weighted by molar-refractivity contribution is 6.37. The Bertz CT molecular complexity index is 1110. The van der Waals surface area contributed by atoms with Gasteiger partial charge in [0, 0.05) is 17.8 Å². The van der Waals surface area contributed by atoms with Gasteiger partial charge in [0.05, 0.1) is 5.57 Å². The minimum Gasteiger partial charge on any atom is -0.454 e. The lowest BCUT2D eigenvalue weighted by Crippen LogP contribution is -2.41. The molecule has 2 heterocycles. The van der Waals surface area contributed by atoms with Crippen LogP contribution in [0.1, 0.15) is 55.2 Å². The summed E-state index contributed by atoms with van der Waals surface area (Å²) in [5.74, 6) is 0.862. The number of hydrogen-bond donors (Lipinski definition) is 1. The number of ether oxygens (including phenoxy) is 2. The maximum absolute atomic E-state index is 13.7. The van der Waals surface area contributed by atoms with Gasteiger partial charge in [0.25, 0.3) is 11.8 Å². The van der Waals surface area contributed by atoms with Crippen LogP contribution in [0.2, 0.25) is 0 Å². The summed E-state index contributed by atoms with van der Waals surface area (Å²) in [5.41, 5.74) is 4.38. The van der Waals surface area contributed by atoms with Gasteiger partial charge in [0.2, 0.25) is 6.79 Å². The normalized spacial score (nSPS) is 19.0. The second-order valence-electron chi connectivity index (χ2n) is 8.89. The van der Waals surface area contributed by atoms with E-state index in [1.54, 1.807) is 6.07 Å². The summed E-state index contributed by atoms with van der Waals surface area (Å²) in [6, 6.07) is 11.4. The van der Waals surface area contributed by atoms with Gasteiger partial charge in [-0.15, -0.1) is 0 Å². The maximum Gasteiger partial charge on any atom is 0.278 e. The first-order valence-corrected chi connectivity index (χ1v) is 11.4. The standard InChI is InChI=1S/C26H28N2O4/c1-16-9-11-20(17(2)13-16)23-24(27-18-10-12-21-22(14-18)32-15-31-21)26(30)28(25(23)29)19-7-5-3-4-6-8-19/h9-14,19,27H,3-8,15H2,1-2H3. The van der Waals surface area contributed by atoms with Gasteiger partial charge in [0.1, 0.15) is 5.70 Å². The molecule has 0 spiro atoms. The molecule has 2 aromatic carbocycles. The van der Waals surface area contributed by atoms with Crippen molar-refractivity contribution in [2.75, 3.05) is 12.1 Å². The van der Waals surface area contributed by atoms with Gasteiger partial charge in [-0.2, -0.15) is 0 Å². The van der Waals surface area contributed by atoms with Crippen molar-refractivity contribution >= 4 is 23.1 Å². The minimum absolute atomic E-state index is 0.0469. The maximum atomic E-state index is 13.7.